The van der Waals surface area contributed by atoms with Crippen LogP contribution in [0.15, 0.2) is 0 Å². The van der Waals surface area contributed by atoms with E-state index in [4.69, 9.17) is 10.7 Å². The van der Waals surface area contributed by atoms with Crippen molar-refractivity contribution in [3.05, 3.63) is 15.6 Å². The predicted octanol–water partition coefficient (Wildman–Crippen LogP) is 3.39. The summed E-state index contributed by atoms with van der Waals surface area (Å²) < 4.78 is 0. The van der Waals surface area contributed by atoms with Crippen molar-refractivity contribution in [2.75, 3.05) is 0 Å². The third kappa shape index (κ3) is 2.15. The summed E-state index contributed by atoms with van der Waals surface area (Å²) in [5, 5.41) is 1.23. The Hall–Kier alpha value is -0.410. The van der Waals surface area contributed by atoms with E-state index in [9.17, 15) is 0 Å². The van der Waals surface area contributed by atoms with Gasteiger partial charge in [0.1, 0.15) is 5.01 Å². The first-order valence-electron chi connectivity index (χ1n) is 6.95. The summed E-state index contributed by atoms with van der Waals surface area (Å²) in [6.45, 7) is 2.35. The van der Waals surface area contributed by atoms with Crippen LogP contribution in [0.5, 0.6) is 0 Å². The first-order valence-corrected chi connectivity index (χ1v) is 7.77. The summed E-state index contributed by atoms with van der Waals surface area (Å²) in [5.74, 6) is 0.840. The van der Waals surface area contributed by atoms with Gasteiger partial charge in [0, 0.05) is 4.88 Å². The largest absolute Gasteiger partial charge is 0.319 e. The molecular formula is C14H22N2S. The van der Waals surface area contributed by atoms with E-state index in [1.165, 1.54) is 54.1 Å². The predicted molar refractivity (Wildman–Crippen MR) is 72.3 cm³/mol. The maximum Gasteiger partial charge on any atom is 0.113 e. The van der Waals surface area contributed by atoms with E-state index < -0.39 is 0 Å². The molecule has 1 saturated carbocycles. The molecule has 0 saturated heterocycles. The van der Waals surface area contributed by atoms with Gasteiger partial charge in [0.05, 0.1) is 11.2 Å². The Bertz CT molecular complexity index is 391. The van der Waals surface area contributed by atoms with Crippen LogP contribution < -0.4 is 5.73 Å². The van der Waals surface area contributed by atoms with Crippen LogP contribution in [0.4, 0.5) is 0 Å². The molecule has 0 aromatic carbocycles. The molecule has 1 heterocycles. The molecule has 94 valence electrons. The molecule has 1 fully saturated rings. The molecule has 0 aliphatic heterocycles. The lowest BCUT2D eigenvalue weighted by Gasteiger charge is -2.25. The Morgan fingerprint density at radius 2 is 2.12 bits per heavy atom. The van der Waals surface area contributed by atoms with Gasteiger partial charge < -0.3 is 5.73 Å². The summed E-state index contributed by atoms with van der Waals surface area (Å²) in [7, 11) is 0. The van der Waals surface area contributed by atoms with Crippen molar-refractivity contribution < 1.29 is 0 Å². The van der Waals surface area contributed by atoms with Gasteiger partial charge in [-0.05, 0) is 44.4 Å². The first kappa shape index (κ1) is 11.7. The van der Waals surface area contributed by atoms with Crippen molar-refractivity contribution in [3.63, 3.8) is 0 Å². The minimum Gasteiger partial charge on any atom is -0.319 e. The number of nitrogens with two attached hydrogens (primary N) is 1. The van der Waals surface area contributed by atoms with Crippen molar-refractivity contribution >= 4 is 11.3 Å². The van der Waals surface area contributed by atoms with Crippen LogP contribution in [-0.4, -0.2) is 4.98 Å². The van der Waals surface area contributed by atoms with E-state index >= 15 is 0 Å². The van der Waals surface area contributed by atoms with E-state index in [1.807, 2.05) is 11.3 Å². The minimum absolute atomic E-state index is 0.111. The van der Waals surface area contributed by atoms with Gasteiger partial charge in [0.2, 0.25) is 0 Å². The Morgan fingerprint density at radius 1 is 1.24 bits per heavy atom. The van der Waals surface area contributed by atoms with Gasteiger partial charge >= 0.3 is 0 Å². The highest BCUT2D eigenvalue weighted by Crippen LogP contribution is 2.40. The number of fused-ring (bicyclic) bond motifs is 1. The number of aromatic nitrogens is 1. The highest BCUT2D eigenvalue weighted by atomic mass is 32.1. The fourth-order valence-electron chi connectivity index (χ4n) is 3.16. The molecule has 3 heteroatoms. The number of rotatable bonds is 1. The second kappa shape index (κ2) is 4.36. The molecule has 2 unspecified atom stereocenters. The smallest absolute Gasteiger partial charge is 0.113 e. The van der Waals surface area contributed by atoms with Gasteiger partial charge in [-0.3, -0.25) is 0 Å². The van der Waals surface area contributed by atoms with Crippen LogP contribution in [-0.2, 0) is 18.4 Å². The molecule has 1 aromatic heterocycles. The number of thiazole rings is 1. The van der Waals surface area contributed by atoms with Gasteiger partial charge in [-0.2, -0.15) is 0 Å². The third-order valence-corrected chi connectivity index (χ3v) is 5.80. The standard InChI is InChI=1S/C14H22N2S/c1-10-4-3-8-14(15,9-7-10)13-16-11-5-2-6-12(11)17-13/h10H,2-9,15H2,1H3. The first-order chi connectivity index (χ1) is 8.17. The second-order valence-electron chi connectivity index (χ2n) is 5.93. The summed E-state index contributed by atoms with van der Waals surface area (Å²) in [6, 6.07) is 0. The number of hydrogen-bond donors (Lipinski definition) is 1. The molecule has 1 aromatic rings. The second-order valence-corrected chi connectivity index (χ2v) is 7.02. The van der Waals surface area contributed by atoms with Crippen LogP contribution in [0.1, 0.15) is 61.0 Å². The maximum absolute atomic E-state index is 6.65. The van der Waals surface area contributed by atoms with Crippen molar-refractivity contribution in [3.8, 4) is 0 Å². The summed E-state index contributed by atoms with van der Waals surface area (Å²) in [4.78, 5) is 6.36. The average Bonchev–Trinajstić information content (AvgIpc) is 2.82. The molecule has 0 amide bonds. The molecule has 17 heavy (non-hydrogen) atoms. The highest BCUT2D eigenvalue weighted by Gasteiger charge is 2.34. The quantitative estimate of drug-likeness (QED) is 0.776. The molecule has 2 atom stereocenters. The molecule has 0 radical (unpaired) electrons. The van der Waals surface area contributed by atoms with E-state index in [1.54, 1.807) is 0 Å². The van der Waals surface area contributed by atoms with Gasteiger partial charge in [-0.1, -0.05) is 19.8 Å². The van der Waals surface area contributed by atoms with E-state index in [0.29, 0.717) is 0 Å². The number of hydrogen-bond acceptors (Lipinski definition) is 3. The zero-order chi connectivity index (χ0) is 11.9. The molecule has 2 aliphatic rings. The van der Waals surface area contributed by atoms with Crippen LogP contribution in [0.25, 0.3) is 0 Å². The van der Waals surface area contributed by atoms with Crippen LogP contribution >= 0.6 is 11.3 Å². The Labute approximate surface area is 108 Å². The summed E-state index contributed by atoms with van der Waals surface area (Å²) >= 11 is 1.90. The van der Waals surface area contributed by atoms with Gasteiger partial charge in [-0.15, -0.1) is 11.3 Å². The number of nitrogens with zero attached hydrogens (tertiary/aromatic N) is 1. The fourth-order valence-corrected chi connectivity index (χ4v) is 4.47. The zero-order valence-electron chi connectivity index (χ0n) is 10.7. The molecule has 2 aliphatic carbocycles. The molecule has 0 spiro atoms. The minimum atomic E-state index is -0.111. The maximum atomic E-state index is 6.65. The van der Waals surface area contributed by atoms with Crippen molar-refractivity contribution in [1.82, 2.24) is 4.98 Å². The van der Waals surface area contributed by atoms with Gasteiger partial charge in [-0.25, -0.2) is 4.98 Å². The van der Waals surface area contributed by atoms with Crippen molar-refractivity contribution in [2.45, 2.75) is 63.8 Å². The SMILES string of the molecule is CC1CCCC(N)(c2nc3c(s2)CCC3)CC1. The third-order valence-electron chi connectivity index (χ3n) is 4.42. The van der Waals surface area contributed by atoms with Crippen LogP contribution in [0.3, 0.4) is 0 Å². The summed E-state index contributed by atoms with van der Waals surface area (Å²) in [6.07, 6.45) is 9.83. The molecule has 2 nitrogen and oxygen atoms in total. The zero-order valence-corrected chi connectivity index (χ0v) is 11.5. The van der Waals surface area contributed by atoms with E-state index in [-0.39, 0.29) is 5.54 Å². The van der Waals surface area contributed by atoms with Crippen LogP contribution in [0.2, 0.25) is 0 Å². The molecule has 2 N–H and O–H groups in total. The van der Waals surface area contributed by atoms with Gasteiger partial charge in [0.25, 0.3) is 0 Å². The highest BCUT2D eigenvalue weighted by molar-refractivity contribution is 7.12. The fraction of sp³-hybridized carbons (Fsp3) is 0.786. The van der Waals surface area contributed by atoms with Crippen LogP contribution in [0, 0.1) is 5.92 Å². The van der Waals surface area contributed by atoms with Gasteiger partial charge in [0.15, 0.2) is 0 Å². The molecular weight excluding hydrogens is 228 g/mol. The lowest BCUT2D eigenvalue weighted by molar-refractivity contribution is 0.376. The normalized spacial score (nSPS) is 33.4. The van der Waals surface area contributed by atoms with E-state index in [0.717, 1.165) is 18.8 Å². The average molecular weight is 250 g/mol. The van der Waals surface area contributed by atoms with E-state index in [2.05, 4.69) is 6.92 Å². The van der Waals surface area contributed by atoms with Crippen molar-refractivity contribution in [2.24, 2.45) is 11.7 Å². The Balaban J connectivity index is 1.85. The van der Waals surface area contributed by atoms with Crippen molar-refractivity contribution in [1.29, 1.82) is 0 Å². The monoisotopic (exact) mass is 250 g/mol. The Morgan fingerprint density at radius 3 is 2.94 bits per heavy atom. The Kier molecular flexibility index (Phi) is 2.99. The lowest BCUT2D eigenvalue weighted by Crippen LogP contribution is -2.36. The topological polar surface area (TPSA) is 38.9 Å². The molecule has 0 bridgehead atoms. The number of aryl methyl sites for hydroxylation is 2. The lowest BCUT2D eigenvalue weighted by atomic mass is 9.92. The summed E-state index contributed by atoms with van der Waals surface area (Å²) in [5.41, 5.74) is 7.89. The molecule has 3 rings (SSSR count).